The Morgan fingerprint density at radius 3 is 2.67 bits per heavy atom. The number of hydrogen-bond donors (Lipinski definition) is 0. The molecule has 0 bridgehead atoms. The molecule has 2 aliphatic heterocycles. The van der Waals surface area contributed by atoms with Crippen molar-refractivity contribution in [2.24, 2.45) is 5.16 Å². The molecule has 170 valence electrons. The van der Waals surface area contributed by atoms with Gasteiger partial charge >= 0.3 is 0 Å². The number of oxime groups is 1. The number of hydrogen-bond acceptors (Lipinski definition) is 5. The van der Waals surface area contributed by atoms with Crippen LogP contribution < -0.4 is 4.74 Å². The van der Waals surface area contributed by atoms with E-state index in [1.165, 1.54) is 12.1 Å². The van der Waals surface area contributed by atoms with Crippen LogP contribution in [0.4, 0.5) is 4.39 Å². The van der Waals surface area contributed by atoms with Crippen LogP contribution in [0.15, 0.2) is 65.7 Å². The van der Waals surface area contributed by atoms with E-state index in [1.807, 2.05) is 24.6 Å². The lowest BCUT2D eigenvalue weighted by molar-refractivity contribution is -0.0913. The van der Waals surface area contributed by atoms with Gasteiger partial charge in [0.25, 0.3) is 0 Å². The highest BCUT2D eigenvalue weighted by Gasteiger charge is 2.46. The zero-order valence-corrected chi connectivity index (χ0v) is 19.3. The molecule has 2 aromatic carbocycles. The maximum absolute atomic E-state index is 13.5. The highest BCUT2D eigenvalue weighted by Crippen LogP contribution is 2.41. The van der Waals surface area contributed by atoms with Gasteiger partial charge in [-0.2, -0.15) is 0 Å². The maximum atomic E-state index is 13.5. The van der Waals surface area contributed by atoms with Gasteiger partial charge in [-0.05, 0) is 62.1 Å². The molecular formula is C26H27FN4O2. The third kappa shape index (κ3) is 3.57. The van der Waals surface area contributed by atoms with E-state index in [9.17, 15) is 4.39 Å². The van der Waals surface area contributed by atoms with Crippen LogP contribution in [0.3, 0.4) is 0 Å². The minimum absolute atomic E-state index is 0.264. The number of rotatable bonds is 4. The minimum atomic E-state index is -0.754. The molecule has 1 atom stereocenters. The van der Waals surface area contributed by atoms with Gasteiger partial charge in [0.15, 0.2) is 5.84 Å². The molecule has 7 heteroatoms. The number of aryl methyl sites for hydroxylation is 1. The van der Waals surface area contributed by atoms with Crippen LogP contribution in [0.5, 0.6) is 5.75 Å². The number of aromatic nitrogens is 2. The van der Waals surface area contributed by atoms with Gasteiger partial charge in [0.05, 0.1) is 24.8 Å². The maximum Gasteiger partial charge on any atom is 0.234 e. The second-order valence-corrected chi connectivity index (χ2v) is 8.66. The summed E-state index contributed by atoms with van der Waals surface area (Å²) in [7, 11) is 1.68. The molecule has 3 aromatic rings. The Morgan fingerprint density at radius 2 is 1.97 bits per heavy atom. The smallest absolute Gasteiger partial charge is 0.234 e. The van der Waals surface area contributed by atoms with Crippen LogP contribution in [0, 0.1) is 12.7 Å². The lowest BCUT2D eigenvalue weighted by Gasteiger charge is -2.38. The summed E-state index contributed by atoms with van der Waals surface area (Å²) in [6, 6.07) is 12.7. The highest BCUT2D eigenvalue weighted by molar-refractivity contribution is 6.06. The molecule has 0 radical (unpaired) electrons. The molecule has 2 aliphatic rings. The molecule has 3 heterocycles. The van der Waals surface area contributed by atoms with Crippen molar-refractivity contribution >= 4 is 11.4 Å². The summed E-state index contributed by atoms with van der Waals surface area (Å²) in [6.45, 7) is 6.89. The van der Waals surface area contributed by atoms with Crippen molar-refractivity contribution in [2.45, 2.75) is 39.3 Å². The van der Waals surface area contributed by atoms with Gasteiger partial charge in [0.1, 0.15) is 11.6 Å². The molecule has 33 heavy (non-hydrogen) atoms. The van der Waals surface area contributed by atoms with Crippen LogP contribution in [0.25, 0.3) is 11.3 Å². The number of allylic oxidation sites excluding steroid dienone is 1. The monoisotopic (exact) mass is 446 g/mol. The average Bonchev–Trinajstić information content (AvgIpc) is 3.42. The van der Waals surface area contributed by atoms with Gasteiger partial charge in [-0.1, -0.05) is 23.4 Å². The summed E-state index contributed by atoms with van der Waals surface area (Å²) in [4.78, 5) is 12.5. The largest absolute Gasteiger partial charge is 0.495 e. The van der Waals surface area contributed by atoms with E-state index in [-0.39, 0.29) is 5.82 Å². The summed E-state index contributed by atoms with van der Waals surface area (Å²) in [5, 5.41) is 4.50. The van der Waals surface area contributed by atoms with Gasteiger partial charge in [0.2, 0.25) is 5.72 Å². The Morgan fingerprint density at radius 1 is 1.18 bits per heavy atom. The number of benzene rings is 2. The first-order valence-corrected chi connectivity index (χ1v) is 11.1. The topological polar surface area (TPSA) is 51.9 Å². The lowest BCUT2D eigenvalue weighted by atomic mass is 9.91. The molecule has 6 nitrogen and oxygen atoms in total. The molecule has 0 amide bonds. The fraction of sp³-hybridized carbons (Fsp3) is 0.308. The van der Waals surface area contributed by atoms with Crippen molar-refractivity contribution in [3.8, 4) is 11.4 Å². The number of methoxy groups -OCH3 is 1. The Hall–Kier alpha value is -3.61. The SMILES string of the molecule is COc1cc(/C(C)=C2\CCCN3C2=NO[C@@]3(C)c2ccc(F)cc2)ccc1-n1cnc(C)c1. The number of fused-ring (bicyclic) bond motifs is 1. The summed E-state index contributed by atoms with van der Waals surface area (Å²) < 4.78 is 21.2. The Kier molecular flexibility index (Phi) is 5.19. The highest BCUT2D eigenvalue weighted by atomic mass is 19.1. The van der Waals surface area contributed by atoms with E-state index < -0.39 is 5.72 Å². The second kappa shape index (κ2) is 8.06. The molecule has 1 aromatic heterocycles. The van der Waals surface area contributed by atoms with Crippen molar-refractivity contribution in [3.05, 3.63) is 83.2 Å². The van der Waals surface area contributed by atoms with Crippen molar-refractivity contribution in [1.82, 2.24) is 14.5 Å². The van der Waals surface area contributed by atoms with Crippen LogP contribution >= 0.6 is 0 Å². The quantitative estimate of drug-likeness (QED) is 0.537. The van der Waals surface area contributed by atoms with Crippen LogP contribution in [0.2, 0.25) is 0 Å². The predicted molar refractivity (Wildman–Crippen MR) is 126 cm³/mol. The van der Waals surface area contributed by atoms with Crippen molar-refractivity contribution in [2.75, 3.05) is 13.7 Å². The number of nitrogens with zero attached hydrogens (tertiary/aromatic N) is 4. The third-order valence-electron chi connectivity index (χ3n) is 6.59. The predicted octanol–water partition coefficient (Wildman–Crippen LogP) is 5.41. The fourth-order valence-electron chi connectivity index (χ4n) is 4.67. The van der Waals surface area contributed by atoms with Crippen molar-refractivity contribution in [1.29, 1.82) is 0 Å². The molecule has 0 N–H and O–H groups in total. The molecule has 0 saturated carbocycles. The lowest BCUT2D eigenvalue weighted by Crippen LogP contribution is -2.47. The molecule has 1 fully saturated rings. The third-order valence-corrected chi connectivity index (χ3v) is 6.59. The van der Waals surface area contributed by atoms with E-state index in [4.69, 9.17) is 9.57 Å². The van der Waals surface area contributed by atoms with Gasteiger partial charge < -0.3 is 19.0 Å². The van der Waals surface area contributed by atoms with E-state index in [0.29, 0.717) is 0 Å². The van der Waals surface area contributed by atoms with Crippen LogP contribution in [0.1, 0.15) is 43.5 Å². The van der Waals surface area contributed by atoms with Gasteiger partial charge in [-0.25, -0.2) is 9.37 Å². The second-order valence-electron chi connectivity index (χ2n) is 8.66. The number of piperidine rings is 1. The van der Waals surface area contributed by atoms with E-state index in [1.54, 1.807) is 25.6 Å². The summed E-state index contributed by atoms with van der Waals surface area (Å²) in [5.41, 5.74) is 5.37. The molecule has 5 rings (SSSR count). The van der Waals surface area contributed by atoms with Gasteiger partial charge in [0, 0.05) is 30.8 Å². The first kappa shape index (κ1) is 21.2. The van der Waals surface area contributed by atoms with Gasteiger partial charge in [-0.3, -0.25) is 0 Å². The molecule has 0 spiro atoms. The first-order chi connectivity index (χ1) is 15.9. The average molecular weight is 447 g/mol. The van der Waals surface area contributed by atoms with Crippen molar-refractivity contribution in [3.63, 3.8) is 0 Å². The minimum Gasteiger partial charge on any atom is -0.495 e. The fourth-order valence-corrected chi connectivity index (χ4v) is 4.67. The Balaban J connectivity index is 1.50. The summed E-state index contributed by atoms with van der Waals surface area (Å²) >= 11 is 0. The van der Waals surface area contributed by atoms with E-state index in [0.717, 1.165) is 64.6 Å². The van der Waals surface area contributed by atoms with E-state index in [2.05, 4.69) is 40.2 Å². The van der Waals surface area contributed by atoms with Crippen LogP contribution in [-0.2, 0) is 10.6 Å². The summed E-state index contributed by atoms with van der Waals surface area (Å²) in [6.07, 6.45) is 5.66. The number of amidine groups is 1. The normalized spacial score (nSPS) is 21.4. The molecule has 0 unspecified atom stereocenters. The Labute approximate surface area is 192 Å². The van der Waals surface area contributed by atoms with Gasteiger partial charge in [-0.15, -0.1) is 0 Å². The Bertz CT molecular complexity index is 1260. The number of halogens is 1. The zero-order chi connectivity index (χ0) is 23.2. The molecular weight excluding hydrogens is 419 g/mol. The summed E-state index contributed by atoms with van der Waals surface area (Å²) in [5.74, 6) is 1.36. The van der Waals surface area contributed by atoms with Crippen LogP contribution in [-0.4, -0.2) is 33.9 Å². The first-order valence-electron chi connectivity index (χ1n) is 11.1. The standard InChI is InChI=1S/C26H27FN4O2/c1-17-15-30(16-28-17)23-12-7-19(14-24(23)32-4)18(2)22-6-5-13-31-25(22)29-33-26(31,3)20-8-10-21(27)11-9-20/h7-12,14-16H,5-6,13H2,1-4H3/b22-18+/t26-/m0/s1. The zero-order valence-electron chi connectivity index (χ0n) is 19.3. The molecule has 0 aliphatic carbocycles. The van der Waals surface area contributed by atoms with Crippen molar-refractivity contribution < 1.29 is 14.0 Å². The number of ether oxygens (including phenoxy) is 1. The number of imidazole rings is 1. The molecule has 1 saturated heterocycles. The van der Waals surface area contributed by atoms with E-state index >= 15 is 0 Å².